The minimum Gasteiger partial charge on any atom is -0.481 e. The molecule has 1 atom stereocenters. The Morgan fingerprint density at radius 3 is 2.94 bits per heavy atom. The number of aromatic nitrogens is 2. The highest BCUT2D eigenvalue weighted by atomic mass is 16.4. The van der Waals surface area contributed by atoms with E-state index in [1.54, 1.807) is 19.2 Å². The molecule has 88 valence electrons. The van der Waals surface area contributed by atoms with E-state index in [1.807, 2.05) is 0 Å². The first-order valence-electron chi connectivity index (χ1n) is 5.04. The number of carboxylic acid groups (broad SMARTS) is 1. The van der Waals surface area contributed by atoms with Crippen molar-refractivity contribution in [1.82, 2.24) is 15.5 Å². The van der Waals surface area contributed by atoms with Crippen molar-refractivity contribution in [2.24, 2.45) is 5.92 Å². The molecule has 0 saturated heterocycles. The molecule has 0 aliphatic carbocycles. The summed E-state index contributed by atoms with van der Waals surface area (Å²) in [5.74, 6) is -1.06. The lowest BCUT2D eigenvalue weighted by Crippen LogP contribution is -2.30. The summed E-state index contributed by atoms with van der Waals surface area (Å²) < 4.78 is 0. The number of nitrogens with zero attached hydrogens (tertiary/aromatic N) is 1. The molecular formula is C10H15N3O3. The van der Waals surface area contributed by atoms with Crippen molar-refractivity contribution in [3.63, 3.8) is 0 Å². The Balaban J connectivity index is 2.22. The molecule has 6 nitrogen and oxygen atoms in total. The first-order valence-corrected chi connectivity index (χ1v) is 5.04. The molecule has 0 radical (unpaired) electrons. The molecule has 1 unspecified atom stereocenters. The highest BCUT2D eigenvalue weighted by Crippen LogP contribution is 2.00. The molecule has 0 spiro atoms. The van der Waals surface area contributed by atoms with Crippen molar-refractivity contribution in [2.45, 2.75) is 19.8 Å². The zero-order chi connectivity index (χ0) is 12.0. The van der Waals surface area contributed by atoms with Crippen LogP contribution in [0.15, 0.2) is 12.3 Å². The number of nitrogens with one attached hydrogen (secondary N) is 2. The molecule has 0 fully saturated rings. The van der Waals surface area contributed by atoms with Crippen LogP contribution in [0.25, 0.3) is 0 Å². The molecule has 0 aromatic carbocycles. The Hall–Kier alpha value is -1.85. The first-order chi connectivity index (χ1) is 7.58. The van der Waals surface area contributed by atoms with E-state index in [0.717, 1.165) is 5.69 Å². The maximum absolute atomic E-state index is 11.4. The van der Waals surface area contributed by atoms with Crippen LogP contribution in [0, 0.1) is 5.92 Å². The topological polar surface area (TPSA) is 95.1 Å². The predicted molar refractivity (Wildman–Crippen MR) is 56.7 cm³/mol. The third-order valence-electron chi connectivity index (χ3n) is 2.08. The Bertz CT molecular complexity index is 348. The zero-order valence-electron chi connectivity index (χ0n) is 9.06. The van der Waals surface area contributed by atoms with Crippen molar-refractivity contribution in [3.05, 3.63) is 18.0 Å². The van der Waals surface area contributed by atoms with Crippen LogP contribution < -0.4 is 5.32 Å². The molecule has 6 heteroatoms. The highest BCUT2D eigenvalue weighted by molar-refractivity contribution is 5.78. The number of aliphatic carboxylic acids is 1. The van der Waals surface area contributed by atoms with Crippen molar-refractivity contribution in [3.8, 4) is 0 Å². The number of amides is 1. The second-order valence-corrected chi connectivity index (χ2v) is 3.77. The summed E-state index contributed by atoms with van der Waals surface area (Å²) in [7, 11) is 0. The van der Waals surface area contributed by atoms with Crippen LogP contribution in [0.4, 0.5) is 0 Å². The van der Waals surface area contributed by atoms with Crippen molar-refractivity contribution < 1.29 is 14.7 Å². The van der Waals surface area contributed by atoms with Gasteiger partial charge < -0.3 is 10.4 Å². The second-order valence-electron chi connectivity index (χ2n) is 3.77. The van der Waals surface area contributed by atoms with Gasteiger partial charge in [0.2, 0.25) is 5.91 Å². The van der Waals surface area contributed by atoms with E-state index in [2.05, 4.69) is 15.5 Å². The summed E-state index contributed by atoms with van der Waals surface area (Å²) in [6.45, 7) is 2.16. The van der Waals surface area contributed by atoms with Crippen molar-refractivity contribution >= 4 is 11.9 Å². The third-order valence-corrected chi connectivity index (χ3v) is 2.08. The fraction of sp³-hybridized carbons (Fsp3) is 0.500. The summed E-state index contributed by atoms with van der Waals surface area (Å²) >= 11 is 0. The average molecular weight is 225 g/mol. The highest BCUT2D eigenvalue weighted by Gasteiger charge is 2.09. The van der Waals surface area contributed by atoms with Gasteiger partial charge in [-0.1, -0.05) is 6.92 Å². The van der Waals surface area contributed by atoms with Gasteiger partial charge in [0.15, 0.2) is 0 Å². The Morgan fingerprint density at radius 2 is 2.38 bits per heavy atom. The lowest BCUT2D eigenvalue weighted by molar-refractivity contribution is -0.138. The number of hydrogen-bond donors (Lipinski definition) is 3. The number of carboxylic acids is 1. The second kappa shape index (κ2) is 5.89. The van der Waals surface area contributed by atoms with Crippen LogP contribution >= 0.6 is 0 Å². The zero-order valence-corrected chi connectivity index (χ0v) is 9.06. The van der Waals surface area contributed by atoms with Crippen molar-refractivity contribution in [2.75, 3.05) is 6.54 Å². The van der Waals surface area contributed by atoms with Gasteiger partial charge in [0, 0.05) is 24.9 Å². The molecule has 1 amide bonds. The van der Waals surface area contributed by atoms with E-state index in [0.29, 0.717) is 6.54 Å². The standard InChI is InChI=1S/C10H15N3O3/c1-7(4-10(15)16)6-11-9(14)5-8-2-3-12-13-8/h2-3,7H,4-6H2,1H3,(H,11,14)(H,12,13)(H,15,16). The van der Waals surface area contributed by atoms with Gasteiger partial charge in [0.1, 0.15) is 0 Å². The molecule has 16 heavy (non-hydrogen) atoms. The summed E-state index contributed by atoms with van der Waals surface area (Å²) in [5.41, 5.74) is 0.739. The first kappa shape index (κ1) is 12.2. The van der Waals surface area contributed by atoms with Gasteiger partial charge >= 0.3 is 5.97 Å². The van der Waals surface area contributed by atoms with E-state index in [1.165, 1.54) is 0 Å². The largest absolute Gasteiger partial charge is 0.481 e. The summed E-state index contributed by atoms with van der Waals surface area (Å²) in [6, 6.07) is 1.72. The lowest BCUT2D eigenvalue weighted by atomic mass is 10.1. The van der Waals surface area contributed by atoms with Gasteiger partial charge in [-0.3, -0.25) is 14.7 Å². The molecule has 1 heterocycles. The number of aromatic amines is 1. The quantitative estimate of drug-likeness (QED) is 0.643. The maximum atomic E-state index is 11.4. The molecule has 3 N–H and O–H groups in total. The van der Waals surface area contributed by atoms with Gasteiger partial charge in [0.05, 0.1) is 6.42 Å². The van der Waals surface area contributed by atoms with Gasteiger partial charge in [-0.15, -0.1) is 0 Å². The van der Waals surface area contributed by atoms with Crippen LogP contribution in [-0.2, 0) is 16.0 Å². The maximum Gasteiger partial charge on any atom is 0.303 e. The average Bonchev–Trinajstić information content (AvgIpc) is 2.66. The Morgan fingerprint density at radius 1 is 1.62 bits per heavy atom. The Kier molecular flexibility index (Phi) is 4.50. The van der Waals surface area contributed by atoms with Gasteiger partial charge in [0.25, 0.3) is 0 Å². The van der Waals surface area contributed by atoms with Crippen LogP contribution in [-0.4, -0.2) is 33.7 Å². The van der Waals surface area contributed by atoms with Gasteiger partial charge in [-0.25, -0.2) is 0 Å². The monoisotopic (exact) mass is 225 g/mol. The summed E-state index contributed by atoms with van der Waals surface area (Å²) in [6.07, 6.45) is 1.87. The smallest absolute Gasteiger partial charge is 0.303 e. The fourth-order valence-electron chi connectivity index (χ4n) is 1.28. The molecule has 1 rings (SSSR count). The van der Waals surface area contributed by atoms with E-state index in [9.17, 15) is 9.59 Å². The molecule has 1 aromatic rings. The number of H-pyrrole nitrogens is 1. The minimum atomic E-state index is -0.852. The number of rotatable bonds is 6. The summed E-state index contributed by atoms with van der Waals surface area (Å²) in [5, 5.41) is 17.6. The van der Waals surface area contributed by atoms with E-state index < -0.39 is 5.97 Å². The molecule has 0 aliphatic rings. The van der Waals surface area contributed by atoms with E-state index >= 15 is 0 Å². The van der Waals surface area contributed by atoms with Crippen LogP contribution in [0.1, 0.15) is 19.0 Å². The van der Waals surface area contributed by atoms with Crippen LogP contribution in [0.2, 0.25) is 0 Å². The minimum absolute atomic E-state index is 0.0599. The summed E-state index contributed by atoms with van der Waals surface area (Å²) in [4.78, 5) is 21.8. The number of carbonyl (C=O) groups excluding carboxylic acids is 1. The number of hydrogen-bond acceptors (Lipinski definition) is 3. The van der Waals surface area contributed by atoms with E-state index in [4.69, 9.17) is 5.11 Å². The fourth-order valence-corrected chi connectivity index (χ4v) is 1.28. The molecule has 0 aliphatic heterocycles. The van der Waals surface area contributed by atoms with Gasteiger partial charge in [-0.05, 0) is 12.0 Å². The van der Waals surface area contributed by atoms with Crippen LogP contribution in [0.3, 0.4) is 0 Å². The third kappa shape index (κ3) is 4.59. The van der Waals surface area contributed by atoms with E-state index in [-0.39, 0.29) is 24.7 Å². The lowest BCUT2D eigenvalue weighted by Gasteiger charge is -2.09. The molecule has 0 saturated carbocycles. The normalized spacial score (nSPS) is 12.1. The predicted octanol–water partition coefficient (Wildman–Crippen LogP) is 0.179. The SMILES string of the molecule is CC(CNC(=O)Cc1ccn[nH]1)CC(=O)O. The molecular weight excluding hydrogens is 210 g/mol. The van der Waals surface area contributed by atoms with Crippen LogP contribution in [0.5, 0.6) is 0 Å². The number of carbonyl (C=O) groups is 2. The Labute approximate surface area is 93.1 Å². The van der Waals surface area contributed by atoms with Gasteiger partial charge in [-0.2, -0.15) is 5.10 Å². The van der Waals surface area contributed by atoms with Crippen molar-refractivity contribution in [1.29, 1.82) is 0 Å². The molecule has 0 bridgehead atoms. The molecule has 1 aromatic heterocycles.